The molecule has 0 spiro atoms. The van der Waals surface area contributed by atoms with E-state index in [0.717, 1.165) is 12.1 Å². The van der Waals surface area contributed by atoms with Gasteiger partial charge in [0.15, 0.2) is 6.10 Å². The molecule has 2 atom stereocenters. The largest absolute Gasteiger partial charge is 0.456 e. The minimum absolute atomic E-state index is 0.537. The van der Waals surface area contributed by atoms with Crippen molar-refractivity contribution in [3.05, 3.63) is 35.9 Å². The fourth-order valence-corrected chi connectivity index (χ4v) is 1.95. The monoisotopic (exact) mass is 304 g/mol. The van der Waals surface area contributed by atoms with E-state index in [2.05, 4.69) is 4.52 Å². The van der Waals surface area contributed by atoms with Crippen LogP contribution in [-0.4, -0.2) is 23.7 Å². The number of hydrogen-bond donors (Lipinski definition) is 1. The van der Waals surface area contributed by atoms with E-state index in [-0.39, 0.29) is 0 Å². The van der Waals surface area contributed by atoms with Gasteiger partial charge in [0.25, 0.3) is 0 Å². The first-order chi connectivity index (χ1) is 8.45. The van der Waals surface area contributed by atoms with Crippen molar-refractivity contribution in [1.82, 2.24) is 0 Å². The predicted molar refractivity (Wildman–Crippen MR) is 57.0 cm³/mol. The maximum absolute atomic E-state index is 13.3. The van der Waals surface area contributed by atoms with Crippen molar-refractivity contribution >= 4 is 7.60 Å². The van der Waals surface area contributed by atoms with Crippen LogP contribution in [0.25, 0.3) is 0 Å². The molecule has 0 aliphatic heterocycles. The summed E-state index contributed by atoms with van der Waals surface area (Å²) in [4.78, 5) is 8.91. The molecule has 0 saturated heterocycles. The Kier molecular flexibility index (Phi) is 4.39. The predicted octanol–water partition coefficient (Wildman–Crippen LogP) is 3.76. The van der Waals surface area contributed by atoms with Gasteiger partial charge in [-0.2, -0.15) is 22.0 Å². The van der Waals surface area contributed by atoms with Crippen LogP contribution in [0.3, 0.4) is 0 Å². The van der Waals surface area contributed by atoms with E-state index >= 15 is 0 Å². The SMILES string of the molecule is CP(=O)(O)OC(c1ccccc1)C(F)(F)C(F)(F)F. The maximum Gasteiger partial charge on any atom is 0.456 e. The molecule has 0 aliphatic rings. The fourth-order valence-electron chi connectivity index (χ4n) is 1.31. The molecule has 0 aromatic heterocycles. The highest BCUT2D eigenvalue weighted by molar-refractivity contribution is 7.51. The van der Waals surface area contributed by atoms with Crippen molar-refractivity contribution in [2.75, 3.05) is 6.66 Å². The number of alkyl halides is 5. The summed E-state index contributed by atoms with van der Waals surface area (Å²) in [6, 6.07) is 5.75. The zero-order valence-corrected chi connectivity index (χ0v) is 10.5. The Hall–Kier alpha value is -0.980. The molecule has 19 heavy (non-hydrogen) atoms. The van der Waals surface area contributed by atoms with Gasteiger partial charge in [-0.25, -0.2) is 0 Å². The highest BCUT2D eigenvalue weighted by atomic mass is 31.2. The Bertz CT molecular complexity index is 468. The van der Waals surface area contributed by atoms with Crippen LogP contribution in [0.5, 0.6) is 0 Å². The molecule has 2 unspecified atom stereocenters. The number of hydrogen-bond acceptors (Lipinski definition) is 2. The first kappa shape index (κ1) is 16.1. The summed E-state index contributed by atoms with van der Waals surface area (Å²) < 4.78 is 78.7. The molecule has 9 heteroatoms. The van der Waals surface area contributed by atoms with E-state index in [1.165, 1.54) is 18.2 Å². The molecule has 1 rings (SSSR count). The molecule has 3 nitrogen and oxygen atoms in total. The zero-order valence-electron chi connectivity index (χ0n) is 9.56. The van der Waals surface area contributed by atoms with E-state index < -0.39 is 31.4 Å². The molecule has 1 N–H and O–H groups in total. The van der Waals surface area contributed by atoms with Crippen LogP contribution in [0.15, 0.2) is 30.3 Å². The molecule has 1 aromatic carbocycles. The van der Waals surface area contributed by atoms with E-state index in [4.69, 9.17) is 4.89 Å². The van der Waals surface area contributed by atoms with E-state index in [0.29, 0.717) is 6.66 Å². The summed E-state index contributed by atoms with van der Waals surface area (Å²) in [5.74, 6) is -5.29. The van der Waals surface area contributed by atoms with Crippen molar-refractivity contribution in [3.8, 4) is 0 Å². The smallest absolute Gasteiger partial charge is 0.324 e. The number of halogens is 5. The standard InChI is InChI=1S/C10H10F5O3P/c1-19(16,17)18-8(7-5-3-2-4-6-7)9(11,12)10(13,14)15/h2-6,8H,1H3,(H,16,17). The lowest BCUT2D eigenvalue weighted by Gasteiger charge is -2.29. The van der Waals surface area contributed by atoms with Gasteiger partial charge in [-0.05, 0) is 5.56 Å². The molecule has 0 heterocycles. The second-order valence-corrected chi connectivity index (χ2v) is 5.64. The minimum atomic E-state index is -5.90. The van der Waals surface area contributed by atoms with Crippen molar-refractivity contribution in [3.63, 3.8) is 0 Å². The third kappa shape index (κ3) is 3.99. The van der Waals surface area contributed by atoms with Gasteiger partial charge in [0.1, 0.15) is 0 Å². The van der Waals surface area contributed by atoms with Gasteiger partial charge in [-0.3, -0.25) is 9.09 Å². The van der Waals surface area contributed by atoms with Crippen LogP contribution in [-0.2, 0) is 9.09 Å². The topological polar surface area (TPSA) is 46.5 Å². The first-order valence-electron chi connectivity index (χ1n) is 4.93. The van der Waals surface area contributed by atoms with Crippen LogP contribution >= 0.6 is 7.60 Å². The van der Waals surface area contributed by atoms with Gasteiger partial charge < -0.3 is 4.89 Å². The lowest BCUT2D eigenvalue weighted by Crippen LogP contribution is -2.42. The molecule has 0 radical (unpaired) electrons. The quantitative estimate of drug-likeness (QED) is 0.680. The van der Waals surface area contributed by atoms with E-state index in [1.807, 2.05) is 0 Å². The Balaban J connectivity index is 3.25. The summed E-state index contributed by atoms with van der Waals surface area (Å²) >= 11 is 0. The second kappa shape index (κ2) is 5.19. The van der Waals surface area contributed by atoms with Gasteiger partial charge in [0.2, 0.25) is 0 Å². The Labute approximate surface area is 105 Å². The van der Waals surface area contributed by atoms with Crippen LogP contribution in [0, 0.1) is 0 Å². The summed E-state index contributed by atoms with van der Waals surface area (Å²) in [6.07, 6.45) is -8.78. The van der Waals surface area contributed by atoms with Crippen molar-refractivity contribution in [2.24, 2.45) is 0 Å². The molecule has 0 bridgehead atoms. The third-order valence-corrected chi connectivity index (χ3v) is 2.71. The third-order valence-electron chi connectivity index (χ3n) is 2.11. The number of rotatable bonds is 4. The van der Waals surface area contributed by atoms with E-state index in [9.17, 15) is 26.5 Å². The van der Waals surface area contributed by atoms with Crippen molar-refractivity contribution in [1.29, 1.82) is 0 Å². The molecular formula is C10H10F5O3P. The van der Waals surface area contributed by atoms with Crippen LogP contribution in [0.2, 0.25) is 0 Å². The summed E-state index contributed by atoms with van der Waals surface area (Å²) in [5.41, 5.74) is -0.541. The molecule has 0 amide bonds. The highest BCUT2D eigenvalue weighted by Gasteiger charge is 2.64. The van der Waals surface area contributed by atoms with Gasteiger partial charge in [0.05, 0.1) is 0 Å². The molecule has 0 fully saturated rings. The first-order valence-corrected chi connectivity index (χ1v) is 6.96. The molecule has 0 saturated carbocycles. The molecule has 1 aromatic rings. The Morgan fingerprint density at radius 1 is 1.16 bits per heavy atom. The minimum Gasteiger partial charge on any atom is -0.324 e. The summed E-state index contributed by atoms with van der Waals surface area (Å²) in [7, 11) is -4.53. The average molecular weight is 304 g/mol. The molecule has 108 valence electrons. The number of benzene rings is 1. The van der Waals surface area contributed by atoms with Gasteiger partial charge in [0, 0.05) is 6.66 Å². The Morgan fingerprint density at radius 2 is 1.63 bits per heavy atom. The Morgan fingerprint density at radius 3 is 2.00 bits per heavy atom. The van der Waals surface area contributed by atoms with E-state index in [1.54, 1.807) is 0 Å². The molecule has 0 aliphatic carbocycles. The zero-order chi connectivity index (χ0) is 14.9. The van der Waals surface area contributed by atoms with Crippen LogP contribution in [0.4, 0.5) is 22.0 Å². The van der Waals surface area contributed by atoms with Crippen LogP contribution in [0.1, 0.15) is 11.7 Å². The fraction of sp³-hybridized carbons (Fsp3) is 0.400. The van der Waals surface area contributed by atoms with Crippen molar-refractivity contribution in [2.45, 2.75) is 18.2 Å². The summed E-state index contributed by atoms with van der Waals surface area (Å²) in [6.45, 7) is 0.537. The van der Waals surface area contributed by atoms with Gasteiger partial charge in [-0.1, -0.05) is 30.3 Å². The highest BCUT2D eigenvalue weighted by Crippen LogP contribution is 2.53. The van der Waals surface area contributed by atoms with Gasteiger partial charge in [-0.15, -0.1) is 0 Å². The van der Waals surface area contributed by atoms with Gasteiger partial charge >= 0.3 is 19.7 Å². The lowest BCUT2D eigenvalue weighted by molar-refractivity contribution is -0.311. The van der Waals surface area contributed by atoms with Crippen LogP contribution < -0.4 is 0 Å². The normalized spacial score (nSPS) is 17.8. The average Bonchev–Trinajstić information content (AvgIpc) is 2.24. The summed E-state index contributed by atoms with van der Waals surface area (Å²) in [5, 5.41) is 0. The molecular weight excluding hydrogens is 294 g/mol. The second-order valence-electron chi connectivity index (χ2n) is 3.82. The lowest BCUT2D eigenvalue weighted by atomic mass is 10.0. The maximum atomic E-state index is 13.3. The van der Waals surface area contributed by atoms with Crippen molar-refractivity contribution < 1.29 is 35.9 Å².